The molecule has 0 saturated carbocycles. The highest BCUT2D eigenvalue weighted by Crippen LogP contribution is 2.32. The monoisotopic (exact) mass is 294 g/mol. The van der Waals surface area contributed by atoms with Crippen molar-refractivity contribution in [1.29, 1.82) is 0 Å². The Balaban J connectivity index is 2.44. The molecular formula is C12H20F2N2O4. The minimum absolute atomic E-state index is 0.0316. The smallest absolute Gasteiger partial charge is 0.329 e. The zero-order valence-electron chi connectivity index (χ0n) is 11.4. The van der Waals surface area contributed by atoms with Crippen molar-refractivity contribution < 1.29 is 28.2 Å². The van der Waals surface area contributed by atoms with Crippen LogP contribution in [0.5, 0.6) is 0 Å². The fourth-order valence-electron chi connectivity index (χ4n) is 2.41. The van der Waals surface area contributed by atoms with E-state index in [0.29, 0.717) is 25.8 Å². The van der Waals surface area contributed by atoms with Crippen LogP contribution in [0.3, 0.4) is 0 Å². The predicted molar refractivity (Wildman–Crippen MR) is 66.8 cm³/mol. The van der Waals surface area contributed by atoms with Crippen LogP contribution >= 0.6 is 0 Å². The van der Waals surface area contributed by atoms with Crippen LogP contribution in [0.25, 0.3) is 0 Å². The van der Waals surface area contributed by atoms with Gasteiger partial charge in [0.25, 0.3) is 6.43 Å². The van der Waals surface area contributed by atoms with Crippen molar-refractivity contribution in [1.82, 2.24) is 10.2 Å². The van der Waals surface area contributed by atoms with Crippen LogP contribution in [0.4, 0.5) is 13.6 Å². The van der Waals surface area contributed by atoms with Crippen LogP contribution in [0.1, 0.15) is 26.2 Å². The van der Waals surface area contributed by atoms with Gasteiger partial charge in [-0.2, -0.15) is 0 Å². The lowest BCUT2D eigenvalue weighted by molar-refractivity contribution is -0.148. The normalized spacial score (nSPS) is 22.3. The standard InChI is InChI=1S/C12H20F2N2O4/c1-2-12(10(17)18)4-3-6-16(12)11(19)15-5-7-20-8-9(13)14/h9H,2-8H2,1H3,(H,15,19)(H,17,18). The Morgan fingerprint density at radius 3 is 2.75 bits per heavy atom. The van der Waals surface area contributed by atoms with E-state index in [-0.39, 0.29) is 13.2 Å². The Bertz CT molecular complexity index is 354. The maximum Gasteiger partial charge on any atom is 0.329 e. The first kappa shape index (κ1) is 16.6. The second kappa shape index (κ2) is 7.37. The van der Waals surface area contributed by atoms with Crippen molar-refractivity contribution in [2.24, 2.45) is 0 Å². The molecule has 0 bridgehead atoms. The average Bonchev–Trinajstić information content (AvgIpc) is 2.82. The lowest BCUT2D eigenvalue weighted by Crippen LogP contribution is -2.56. The number of rotatable bonds is 7. The molecular weight excluding hydrogens is 274 g/mol. The van der Waals surface area contributed by atoms with Crippen molar-refractivity contribution in [2.75, 3.05) is 26.3 Å². The summed E-state index contributed by atoms with van der Waals surface area (Å²) >= 11 is 0. The summed E-state index contributed by atoms with van der Waals surface area (Å²) in [5.41, 5.74) is -1.16. The van der Waals surface area contributed by atoms with Crippen LogP contribution in [-0.4, -0.2) is 60.3 Å². The van der Waals surface area contributed by atoms with Gasteiger partial charge >= 0.3 is 12.0 Å². The Labute approximate surface area is 116 Å². The first-order valence-electron chi connectivity index (χ1n) is 6.59. The maximum atomic E-state index is 12.0. The Morgan fingerprint density at radius 1 is 1.50 bits per heavy atom. The quantitative estimate of drug-likeness (QED) is 0.694. The molecule has 0 aromatic heterocycles. The summed E-state index contributed by atoms with van der Waals surface area (Å²) in [6.07, 6.45) is -1.15. The number of carbonyl (C=O) groups excluding carboxylic acids is 1. The SMILES string of the molecule is CCC1(C(=O)O)CCCN1C(=O)NCCOCC(F)F. The molecule has 1 fully saturated rings. The molecule has 2 N–H and O–H groups in total. The number of urea groups is 1. The summed E-state index contributed by atoms with van der Waals surface area (Å²) in [7, 11) is 0. The third kappa shape index (κ3) is 3.78. The highest BCUT2D eigenvalue weighted by atomic mass is 19.3. The summed E-state index contributed by atoms with van der Waals surface area (Å²) in [6, 6.07) is -0.493. The molecule has 0 spiro atoms. The molecule has 1 aliphatic rings. The fourth-order valence-corrected chi connectivity index (χ4v) is 2.41. The Morgan fingerprint density at radius 2 is 2.20 bits per heavy atom. The average molecular weight is 294 g/mol. The number of hydrogen-bond donors (Lipinski definition) is 2. The van der Waals surface area contributed by atoms with Crippen LogP contribution in [0.15, 0.2) is 0 Å². The van der Waals surface area contributed by atoms with Gasteiger partial charge in [0.05, 0.1) is 6.61 Å². The van der Waals surface area contributed by atoms with Gasteiger partial charge in [-0.3, -0.25) is 0 Å². The largest absolute Gasteiger partial charge is 0.479 e. The van der Waals surface area contributed by atoms with E-state index in [1.165, 1.54) is 4.90 Å². The van der Waals surface area contributed by atoms with E-state index in [4.69, 9.17) is 0 Å². The number of alkyl halides is 2. The van der Waals surface area contributed by atoms with Crippen molar-refractivity contribution in [3.63, 3.8) is 0 Å². The number of ether oxygens (including phenoxy) is 1. The Kier molecular flexibility index (Phi) is 6.12. The number of halogens is 2. The second-order valence-corrected chi connectivity index (χ2v) is 4.64. The van der Waals surface area contributed by atoms with Gasteiger partial charge in [0.15, 0.2) is 0 Å². The van der Waals surface area contributed by atoms with Gasteiger partial charge < -0.3 is 20.1 Å². The number of carboxylic acids is 1. The summed E-state index contributed by atoms with van der Waals surface area (Å²) in [5, 5.41) is 11.8. The van der Waals surface area contributed by atoms with E-state index in [2.05, 4.69) is 10.1 Å². The molecule has 1 atom stereocenters. The number of nitrogens with one attached hydrogen (secondary N) is 1. The molecule has 1 unspecified atom stereocenters. The molecule has 1 saturated heterocycles. The molecule has 8 heteroatoms. The third-order valence-electron chi connectivity index (χ3n) is 3.48. The Hall–Kier alpha value is -1.44. The van der Waals surface area contributed by atoms with Crippen LogP contribution < -0.4 is 5.32 Å². The molecule has 0 aliphatic carbocycles. The van der Waals surface area contributed by atoms with Crippen molar-refractivity contribution in [3.05, 3.63) is 0 Å². The van der Waals surface area contributed by atoms with Crippen molar-refractivity contribution >= 4 is 12.0 Å². The molecule has 116 valence electrons. The van der Waals surface area contributed by atoms with Gasteiger partial charge in [0, 0.05) is 13.1 Å². The van der Waals surface area contributed by atoms with Crippen molar-refractivity contribution in [2.45, 2.75) is 38.2 Å². The molecule has 1 aliphatic heterocycles. The van der Waals surface area contributed by atoms with Crippen molar-refractivity contribution in [3.8, 4) is 0 Å². The number of carboxylic acid groups (broad SMARTS) is 1. The van der Waals surface area contributed by atoms with Gasteiger partial charge in [-0.1, -0.05) is 6.92 Å². The van der Waals surface area contributed by atoms with E-state index in [1.54, 1.807) is 6.92 Å². The highest BCUT2D eigenvalue weighted by Gasteiger charge is 2.48. The summed E-state index contributed by atoms with van der Waals surface area (Å²) < 4.78 is 28.3. The van der Waals surface area contributed by atoms with Crippen LogP contribution in [0, 0.1) is 0 Å². The van der Waals surface area contributed by atoms with Crippen LogP contribution in [0.2, 0.25) is 0 Å². The van der Waals surface area contributed by atoms with E-state index < -0.39 is 30.6 Å². The van der Waals surface area contributed by atoms with Gasteiger partial charge in [-0.15, -0.1) is 0 Å². The highest BCUT2D eigenvalue weighted by molar-refractivity contribution is 5.87. The van der Waals surface area contributed by atoms with E-state index in [1.807, 2.05) is 0 Å². The third-order valence-corrected chi connectivity index (χ3v) is 3.48. The number of hydrogen-bond acceptors (Lipinski definition) is 3. The zero-order chi connectivity index (χ0) is 15.2. The zero-order valence-corrected chi connectivity index (χ0v) is 11.4. The van der Waals surface area contributed by atoms with Gasteiger partial charge in [0.2, 0.25) is 0 Å². The number of likely N-dealkylation sites (tertiary alicyclic amines) is 1. The van der Waals surface area contributed by atoms with Gasteiger partial charge in [0.1, 0.15) is 12.1 Å². The second-order valence-electron chi connectivity index (χ2n) is 4.64. The number of amides is 2. The lowest BCUT2D eigenvalue weighted by atomic mass is 9.93. The summed E-state index contributed by atoms with van der Waals surface area (Å²) in [4.78, 5) is 24.7. The lowest BCUT2D eigenvalue weighted by Gasteiger charge is -2.33. The van der Waals surface area contributed by atoms with E-state index >= 15 is 0 Å². The molecule has 6 nitrogen and oxygen atoms in total. The first-order chi connectivity index (χ1) is 9.44. The molecule has 0 radical (unpaired) electrons. The predicted octanol–water partition coefficient (Wildman–Crippen LogP) is 1.31. The number of carbonyl (C=O) groups is 2. The first-order valence-corrected chi connectivity index (χ1v) is 6.59. The topological polar surface area (TPSA) is 78.9 Å². The molecule has 1 heterocycles. The molecule has 0 aromatic rings. The minimum Gasteiger partial charge on any atom is -0.479 e. The fraction of sp³-hybridized carbons (Fsp3) is 0.833. The molecule has 0 aromatic carbocycles. The molecule has 2 amide bonds. The molecule has 1 rings (SSSR count). The van der Waals surface area contributed by atoms with E-state index in [9.17, 15) is 23.5 Å². The number of nitrogens with zero attached hydrogens (tertiary/aromatic N) is 1. The van der Waals surface area contributed by atoms with Crippen LogP contribution in [-0.2, 0) is 9.53 Å². The summed E-state index contributed by atoms with van der Waals surface area (Å²) in [6.45, 7) is 1.47. The van der Waals surface area contributed by atoms with Gasteiger partial charge in [-0.05, 0) is 19.3 Å². The maximum absolute atomic E-state index is 12.0. The van der Waals surface area contributed by atoms with E-state index in [0.717, 1.165) is 0 Å². The van der Waals surface area contributed by atoms with Gasteiger partial charge in [-0.25, -0.2) is 18.4 Å². The number of aliphatic carboxylic acids is 1. The summed E-state index contributed by atoms with van der Waals surface area (Å²) in [5.74, 6) is -1.01. The minimum atomic E-state index is -2.54. The molecule has 20 heavy (non-hydrogen) atoms.